The van der Waals surface area contributed by atoms with Gasteiger partial charge in [-0.05, 0) is 19.8 Å². The first-order valence-corrected chi connectivity index (χ1v) is 5.58. The SMILES string of the molecule is CC(CCCC(=O)O)Nc1cc([N+](=O)[O-])ccn1. The molecule has 0 radical (unpaired) electrons. The van der Waals surface area contributed by atoms with E-state index >= 15 is 0 Å². The highest BCUT2D eigenvalue weighted by atomic mass is 16.6. The molecular weight excluding hydrogens is 238 g/mol. The van der Waals surface area contributed by atoms with Gasteiger partial charge in [0.2, 0.25) is 0 Å². The maximum absolute atomic E-state index is 10.6. The van der Waals surface area contributed by atoms with Crippen molar-refractivity contribution in [1.82, 2.24) is 4.98 Å². The Bertz CT molecular complexity index is 436. The molecule has 18 heavy (non-hydrogen) atoms. The van der Waals surface area contributed by atoms with E-state index in [1.54, 1.807) is 0 Å². The molecule has 1 heterocycles. The molecule has 0 aliphatic carbocycles. The van der Waals surface area contributed by atoms with Crippen LogP contribution in [0.15, 0.2) is 18.3 Å². The van der Waals surface area contributed by atoms with Crippen molar-refractivity contribution in [3.63, 3.8) is 0 Å². The molecule has 1 aromatic rings. The zero-order valence-corrected chi connectivity index (χ0v) is 10.00. The number of hydrogen-bond donors (Lipinski definition) is 2. The van der Waals surface area contributed by atoms with Crippen LogP contribution in [0.1, 0.15) is 26.2 Å². The molecule has 1 atom stereocenters. The Morgan fingerprint density at radius 3 is 3.00 bits per heavy atom. The lowest BCUT2D eigenvalue weighted by atomic mass is 10.1. The molecule has 0 aromatic carbocycles. The average Bonchev–Trinajstić information content (AvgIpc) is 2.28. The molecule has 98 valence electrons. The summed E-state index contributed by atoms with van der Waals surface area (Å²) in [5.74, 6) is -0.400. The molecule has 7 heteroatoms. The zero-order valence-electron chi connectivity index (χ0n) is 10.00. The van der Waals surface area contributed by atoms with Crippen LogP contribution in [0.5, 0.6) is 0 Å². The van der Waals surface area contributed by atoms with Crippen LogP contribution in [0.4, 0.5) is 11.5 Å². The van der Waals surface area contributed by atoms with E-state index in [9.17, 15) is 14.9 Å². The smallest absolute Gasteiger partial charge is 0.303 e. The number of carboxylic acids is 1. The van der Waals surface area contributed by atoms with Crippen molar-refractivity contribution in [2.45, 2.75) is 32.2 Å². The van der Waals surface area contributed by atoms with E-state index in [2.05, 4.69) is 10.3 Å². The maximum atomic E-state index is 10.6. The first-order valence-electron chi connectivity index (χ1n) is 5.58. The number of carbonyl (C=O) groups is 1. The molecule has 1 unspecified atom stereocenters. The van der Waals surface area contributed by atoms with Gasteiger partial charge in [-0.3, -0.25) is 14.9 Å². The fourth-order valence-corrected chi connectivity index (χ4v) is 1.50. The van der Waals surface area contributed by atoms with Crippen LogP contribution in [-0.2, 0) is 4.79 Å². The molecule has 0 spiro atoms. The van der Waals surface area contributed by atoms with Gasteiger partial charge >= 0.3 is 5.97 Å². The standard InChI is InChI=1S/C11H15N3O4/c1-8(3-2-4-11(15)16)13-10-7-9(14(17)18)5-6-12-10/h5-8H,2-4H2,1H3,(H,12,13)(H,15,16). The first-order chi connectivity index (χ1) is 8.49. The van der Waals surface area contributed by atoms with Gasteiger partial charge in [-0.25, -0.2) is 4.98 Å². The van der Waals surface area contributed by atoms with Gasteiger partial charge in [0.25, 0.3) is 5.69 Å². The summed E-state index contributed by atoms with van der Waals surface area (Å²) in [6, 6.07) is 2.69. The lowest BCUT2D eigenvalue weighted by Crippen LogP contribution is -2.16. The number of anilines is 1. The number of rotatable bonds is 7. The Hall–Kier alpha value is -2.18. The third-order valence-corrected chi connectivity index (χ3v) is 2.38. The van der Waals surface area contributed by atoms with E-state index in [-0.39, 0.29) is 18.2 Å². The van der Waals surface area contributed by atoms with Gasteiger partial charge < -0.3 is 10.4 Å². The Morgan fingerprint density at radius 1 is 1.67 bits per heavy atom. The Kier molecular flexibility index (Phi) is 5.04. The second kappa shape index (κ2) is 6.53. The number of nitrogens with zero attached hydrogens (tertiary/aromatic N) is 2. The van der Waals surface area contributed by atoms with Gasteiger partial charge in [-0.15, -0.1) is 0 Å². The average molecular weight is 253 g/mol. The van der Waals surface area contributed by atoms with E-state index in [1.165, 1.54) is 18.3 Å². The number of nitro groups is 1. The number of nitrogens with one attached hydrogen (secondary N) is 1. The molecule has 0 aliphatic rings. The van der Waals surface area contributed by atoms with Crippen LogP contribution in [0.2, 0.25) is 0 Å². The fourth-order valence-electron chi connectivity index (χ4n) is 1.50. The van der Waals surface area contributed by atoms with Gasteiger partial charge in [0, 0.05) is 24.7 Å². The highest BCUT2D eigenvalue weighted by molar-refractivity contribution is 5.66. The molecule has 0 saturated heterocycles. The zero-order chi connectivity index (χ0) is 13.5. The van der Waals surface area contributed by atoms with Crippen molar-refractivity contribution in [3.8, 4) is 0 Å². The minimum absolute atomic E-state index is 0.0128. The van der Waals surface area contributed by atoms with Gasteiger partial charge in [0.15, 0.2) is 0 Å². The van der Waals surface area contributed by atoms with Crippen LogP contribution in [0.25, 0.3) is 0 Å². The van der Waals surface area contributed by atoms with Crippen LogP contribution in [0.3, 0.4) is 0 Å². The van der Waals surface area contributed by atoms with Crippen LogP contribution < -0.4 is 5.32 Å². The van der Waals surface area contributed by atoms with Crippen molar-refractivity contribution in [1.29, 1.82) is 0 Å². The van der Waals surface area contributed by atoms with E-state index in [4.69, 9.17) is 5.11 Å². The third-order valence-electron chi connectivity index (χ3n) is 2.38. The van der Waals surface area contributed by atoms with Crippen molar-refractivity contribution in [2.24, 2.45) is 0 Å². The molecule has 1 rings (SSSR count). The fraction of sp³-hybridized carbons (Fsp3) is 0.455. The highest BCUT2D eigenvalue weighted by Crippen LogP contribution is 2.15. The summed E-state index contributed by atoms with van der Waals surface area (Å²) in [5, 5.41) is 22.1. The van der Waals surface area contributed by atoms with Crippen molar-refractivity contribution < 1.29 is 14.8 Å². The van der Waals surface area contributed by atoms with E-state index in [1.807, 2.05) is 6.92 Å². The van der Waals surface area contributed by atoms with Gasteiger partial charge in [-0.1, -0.05) is 0 Å². The van der Waals surface area contributed by atoms with Gasteiger partial charge in [0.05, 0.1) is 11.0 Å². The summed E-state index contributed by atoms with van der Waals surface area (Å²) in [5.41, 5.74) is -0.0229. The summed E-state index contributed by atoms with van der Waals surface area (Å²) in [7, 11) is 0. The van der Waals surface area contributed by atoms with Crippen LogP contribution >= 0.6 is 0 Å². The summed E-state index contributed by atoms with van der Waals surface area (Å²) in [6.45, 7) is 1.88. The predicted molar refractivity (Wildman–Crippen MR) is 65.5 cm³/mol. The van der Waals surface area contributed by atoms with Crippen LogP contribution in [-0.4, -0.2) is 27.0 Å². The molecule has 7 nitrogen and oxygen atoms in total. The van der Waals surface area contributed by atoms with Gasteiger partial charge in [0.1, 0.15) is 5.82 Å². The first kappa shape index (κ1) is 13.9. The van der Waals surface area contributed by atoms with E-state index < -0.39 is 10.9 Å². The second-order valence-electron chi connectivity index (χ2n) is 3.99. The number of hydrogen-bond acceptors (Lipinski definition) is 5. The number of aromatic nitrogens is 1. The molecule has 2 N–H and O–H groups in total. The van der Waals surface area contributed by atoms with Crippen LogP contribution in [0, 0.1) is 10.1 Å². The second-order valence-corrected chi connectivity index (χ2v) is 3.99. The minimum Gasteiger partial charge on any atom is -0.481 e. The lowest BCUT2D eigenvalue weighted by molar-refractivity contribution is -0.384. The Morgan fingerprint density at radius 2 is 2.39 bits per heavy atom. The predicted octanol–water partition coefficient (Wildman–Crippen LogP) is 2.05. The summed E-state index contributed by atoms with van der Waals surface area (Å²) >= 11 is 0. The molecular formula is C11H15N3O4. The monoisotopic (exact) mass is 253 g/mol. The molecule has 0 fully saturated rings. The van der Waals surface area contributed by atoms with Crippen molar-refractivity contribution >= 4 is 17.5 Å². The molecule has 0 aliphatic heterocycles. The summed E-state index contributed by atoms with van der Waals surface area (Å²) < 4.78 is 0. The molecule has 0 bridgehead atoms. The van der Waals surface area contributed by atoms with E-state index in [0.29, 0.717) is 18.7 Å². The number of carboxylic acid groups (broad SMARTS) is 1. The summed E-state index contributed by atoms with van der Waals surface area (Å²) in [6.07, 6.45) is 2.70. The minimum atomic E-state index is -0.823. The molecule has 1 aromatic heterocycles. The normalized spacial score (nSPS) is 11.8. The number of pyridine rings is 1. The highest BCUT2D eigenvalue weighted by Gasteiger charge is 2.09. The Balaban J connectivity index is 2.48. The summed E-state index contributed by atoms with van der Waals surface area (Å²) in [4.78, 5) is 24.4. The number of aliphatic carboxylic acids is 1. The molecule has 0 amide bonds. The third kappa shape index (κ3) is 4.77. The van der Waals surface area contributed by atoms with Crippen molar-refractivity contribution in [3.05, 3.63) is 28.4 Å². The topological polar surface area (TPSA) is 105 Å². The van der Waals surface area contributed by atoms with Crippen molar-refractivity contribution in [2.75, 3.05) is 5.32 Å². The largest absolute Gasteiger partial charge is 0.481 e. The quantitative estimate of drug-likeness (QED) is 0.569. The Labute approximate surface area is 104 Å². The van der Waals surface area contributed by atoms with E-state index in [0.717, 1.165) is 0 Å². The maximum Gasteiger partial charge on any atom is 0.303 e. The lowest BCUT2D eigenvalue weighted by Gasteiger charge is -2.13. The molecule has 0 saturated carbocycles. The van der Waals surface area contributed by atoms with Gasteiger partial charge in [-0.2, -0.15) is 0 Å².